The molecule has 3 aromatic rings. The maximum Gasteiger partial charge on any atom is 0.255 e. The van der Waals surface area contributed by atoms with Crippen molar-refractivity contribution in [3.05, 3.63) is 54.6 Å². The number of carbonyl (C=O) groups is 1. The molecule has 27 heavy (non-hydrogen) atoms. The fourth-order valence-corrected chi connectivity index (χ4v) is 3.14. The minimum Gasteiger partial charge on any atom is -0.375 e. The van der Waals surface area contributed by atoms with E-state index in [0.717, 1.165) is 16.8 Å². The lowest BCUT2D eigenvalue weighted by atomic mass is 10.1. The first kappa shape index (κ1) is 17.2. The summed E-state index contributed by atoms with van der Waals surface area (Å²) in [7, 11) is 1.49. The van der Waals surface area contributed by atoms with Crippen LogP contribution in [0.3, 0.4) is 0 Å². The molecule has 1 aromatic carbocycles. The lowest BCUT2D eigenvalue weighted by Crippen LogP contribution is -2.45. The van der Waals surface area contributed by atoms with Crippen LogP contribution in [0, 0.1) is 5.82 Å². The smallest absolute Gasteiger partial charge is 0.255 e. The first-order valence-corrected chi connectivity index (χ1v) is 8.51. The Hall–Kier alpha value is -3.26. The Balaban J connectivity index is 1.90. The van der Waals surface area contributed by atoms with Crippen molar-refractivity contribution in [1.82, 2.24) is 14.6 Å². The number of methoxy groups -OCH3 is 1. The highest BCUT2D eigenvalue weighted by atomic mass is 19.1. The van der Waals surface area contributed by atoms with Crippen molar-refractivity contribution in [2.75, 3.05) is 37.1 Å². The molecule has 2 aromatic heterocycles. The van der Waals surface area contributed by atoms with Crippen LogP contribution in [-0.4, -0.2) is 47.4 Å². The van der Waals surface area contributed by atoms with Gasteiger partial charge in [0.25, 0.3) is 5.91 Å². The number of carbonyl (C=O) groups excluding carboxylic acids is 1. The molecule has 0 atom stereocenters. The monoisotopic (exact) mass is 367 g/mol. The molecule has 138 valence electrons. The Bertz CT molecular complexity index is 956. The Labute approximate surface area is 155 Å². The number of rotatable bonds is 4. The predicted octanol–water partition coefficient (Wildman–Crippen LogP) is 2.29. The van der Waals surface area contributed by atoms with Crippen molar-refractivity contribution in [3.8, 4) is 22.5 Å². The molecule has 8 heteroatoms. The van der Waals surface area contributed by atoms with Gasteiger partial charge in [0.15, 0.2) is 0 Å². The van der Waals surface area contributed by atoms with E-state index in [4.69, 9.17) is 9.72 Å². The number of hydrogen-bond donors (Lipinski definition) is 1. The molecule has 4 rings (SSSR count). The Kier molecular flexibility index (Phi) is 4.55. The Morgan fingerprint density at radius 2 is 1.93 bits per heavy atom. The fraction of sp³-hybridized carbons (Fsp3) is 0.211. The van der Waals surface area contributed by atoms with Crippen LogP contribution in [0.25, 0.3) is 22.5 Å². The number of hydrogen-bond acceptors (Lipinski definition) is 5. The van der Waals surface area contributed by atoms with Crippen LogP contribution in [0.5, 0.6) is 0 Å². The number of pyridine rings is 1. The van der Waals surface area contributed by atoms with Gasteiger partial charge in [-0.05, 0) is 36.4 Å². The lowest BCUT2D eigenvalue weighted by molar-refractivity contribution is -0.122. The number of anilines is 1. The van der Waals surface area contributed by atoms with E-state index in [1.165, 1.54) is 19.2 Å². The molecule has 1 N–H and O–H groups in total. The van der Waals surface area contributed by atoms with E-state index in [9.17, 15) is 9.18 Å². The second-order valence-corrected chi connectivity index (χ2v) is 6.07. The first-order valence-electron chi connectivity index (χ1n) is 8.51. The van der Waals surface area contributed by atoms with E-state index in [1.54, 1.807) is 34.1 Å². The number of ether oxygens (including phenoxy) is 1. The van der Waals surface area contributed by atoms with Crippen LogP contribution >= 0.6 is 0 Å². The van der Waals surface area contributed by atoms with E-state index < -0.39 is 0 Å². The van der Waals surface area contributed by atoms with Crippen LogP contribution in [-0.2, 0) is 9.53 Å². The predicted molar refractivity (Wildman–Crippen MR) is 99.3 cm³/mol. The van der Waals surface area contributed by atoms with Gasteiger partial charge in [-0.2, -0.15) is 0 Å². The number of halogens is 1. The average Bonchev–Trinajstić information content (AvgIpc) is 3.09. The quantitative estimate of drug-likeness (QED) is 0.766. The van der Waals surface area contributed by atoms with Crippen molar-refractivity contribution in [2.24, 2.45) is 0 Å². The highest BCUT2D eigenvalue weighted by Gasteiger charge is 2.29. The number of aromatic nitrogens is 3. The Morgan fingerprint density at radius 1 is 1.19 bits per heavy atom. The number of nitrogens with one attached hydrogen (secondary N) is 1. The highest BCUT2D eigenvalue weighted by Crippen LogP contribution is 2.35. The summed E-state index contributed by atoms with van der Waals surface area (Å²) in [5.74, 6) is -0.00479. The minimum absolute atomic E-state index is 0.0245. The topological polar surface area (TPSA) is 72.3 Å². The zero-order valence-corrected chi connectivity index (χ0v) is 14.7. The molecule has 0 saturated carbocycles. The summed E-state index contributed by atoms with van der Waals surface area (Å²) in [5, 5.41) is 0. The van der Waals surface area contributed by atoms with Crippen LogP contribution < -0.4 is 10.3 Å². The molecule has 0 saturated heterocycles. The van der Waals surface area contributed by atoms with Crippen molar-refractivity contribution < 1.29 is 13.9 Å². The number of amides is 1. The molecule has 1 amide bonds. The van der Waals surface area contributed by atoms with Gasteiger partial charge in [-0.1, -0.05) is 0 Å². The molecule has 0 unspecified atom stereocenters. The van der Waals surface area contributed by atoms with Crippen molar-refractivity contribution in [3.63, 3.8) is 0 Å². The van der Waals surface area contributed by atoms with Gasteiger partial charge in [-0.15, -0.1) is 0 Å². The van der Waals surface area contributed by atoms with Crippen LogP contribution in [0.2, 0.25) is 0 Å². The second-order valence-electron chi connectivity index (χ2n) is 6.07. The van der Waals surface area contributed by atoms with Gasteiger partial charge < -0.3 is 10.2 Å². The summed E-state index contributed by atoms with van der Waals surface area (Å²) in [5.41, 5.74) is 6.36. The molecule has 0 fully saturated rings. The first-order chi connectivity index (χ1) is 13.2. The summed E-state index contributed by atoms with van der Waals surface area (Å²) in [4.78, 5) is 22.8. The molecule has 1 aliphatic heterocycles. The summed E-state index contributed by atoms with van der Waals surface area (Å²) >= 11 is 0. The summed E-state index contributed by atoms with van der Waals surface area (Å²) in [6, 6.07) is 9.88. The summed E-state index contributed by atoms with van der Waals surface area (Å²) < 4.78 is 20.2. The Morgan fingerprint density at radius 3 is 2.63 bits per heavy atom. The number of benzene rings is 1. The van der Waals surface area contributed by atoms with Crippen molar-refractivity contribution in [2.45, 2.75) is 0 Å². The van der Waals surface area contributed by atoms with Crippen LogP contribution in [0.4, 0.5) is 10.3 Å². The van der Waals surface area contributed by atoms with Crippen molar-refractivity contribution in [1.29, 1.82) is 0 Å². The van der Waals surface area contributed by atoms with Crippen molar-refractivity contribution >= 4 is 11.9 Å². The number of imidazole rings is 1. The lowest BCUT2D eigenvalue weighted by Gasteiger charge is -2.28. The highest BCUT2D eigenvalue weighted by molar-refractivity contribution is 5.95. The van der Waals surface area contributed by atoms with Gasteiger partial charge in [-0.25, -0.2) is 14.1 Å². The molecule has 0 radical (unpaired) electrons. The maximum absolute atomic E-state index is 13.4. The fourth-order valence-electron chi connectivity index (χ4n) is 3.14. The normalized spacial score (nSPS) is 13.2. The molecule has 3 heterocycles. The average molecular weight is 367 g/mol. The van der Waals surface area contributed by atoms with Crippen LogP contribution in [0.15, 0.2) is 48.8 Å². The second kappa shape index (κ2) is 7.16. The molecule has 0 aliphatic carbocycles. The van der Waals surface area contributed by atoms with Gasteiger partial charge in [-0.3, -0.25) is 14.7 Å². The molecule has 0 bridgehead atoms. The molecular weight excluding hydrogens is 349 g/mol. The third-order valence-corrected chi connectivity index (χ3v) is 4.35. The molecule has 1 aliphatic rings. The molecular formula is C19H18FN5O2. The largest absolute Gasteiger partial charge is 0.375 e. The van der Waals surface area contributed by atoms with E-state index in [-0.39, 0.29) is 18.3 Å². The van der Waals surface area contributed by atoms with E-state index in [1.807, 2.05) is 12.1 Å². The van der Waals surface area contributed by atoms with E-state index in [0.29, 0.717) is 24.7 Å². The summed E-state index contributed by atoms with van der Waals surface area (Å²) in [6.45, 7) is 1.03. The van der Waals surface area contributed by atoms with Gasteiger partial charge in [0.2, 0.25) is 5.95 Å². The SMILES string of the molecule is COCC(=O)N1CCNn2c1nc(-c1ccc(F)cc1)c2-c1ccncc1. The molecule has 0 spiro atoms. The number of fused-ring (bicyclic) bond motifs is 1. The zero-order valence-electron chi connectivity index (χ0n) is 14.7. The minimum atomic E-state index is -0.316. The van der Waals surface area contributed by atoms with Crippen LogP contribution in [0.1, 0.15) is 0 Å². The molecule has 7 nitrogen and oxygen atoms in total. The zero-order chi connectivity index (χ0) is 18.8. The maximum atomic E-state index is 13.4. The third kappa shape index (κ3) is 3.15. The van der Waals surface area contributed by atoms with Gasteiger partial charge in [0.05, 0.1) is 5.69 Å². The number of nitrogens with zero attached hydrogens (tertiary/aromatic N) is 4. The standard InChI is InChI=1S/C19H18FN5O2/c1-27-12-16(26)24-11-10-22-25-18(14-6-8-21-9-7-14)17(23-19(24)25)13-2-4-15(20)5-3-13/h2-9,22H,10-12H2,1H3. The van der Waals surface area contributed by atoms with Gasteiger partial charge >= 0.3 is 0 Å². The van der Waals surface area contributed by atoms with E-state index in [2.05, 4.69) is 10.4 Å². The summed E-state index contributed by atoms with van der Waals surface area (Å²) in [6.07, 6.45) is 3.39. The van der Waals surface area contributed by atoms with Gasteiger partial charge in [0, 0.05) is 43.7 Å². The van der Waals surface area contributed by atoms with Gasteiger partial charge in [0.1, 0.15) is 18.1 Å². The third-order valence-electron chi connectivity index (χ3n) is 4.35. The van der Waals surface area contributed by atoms with E-state index >= 15 is 0 Å².